The lowest BCUT2D eigenvalue weighted by Gasteiger charge is -2.27. The van der Waals surface area contributed by atoms with Crippen LogP contribution in [0.1, 0.15) is 46.0 Å². The smallest absolute Gasteiger partial charge is 0.326 e. The van der Waals surface area contributed by atoms with Crippen LogP contribution in [-0.2, 0) is 24.0 Å². The Morgan fingerprint density at radius 3 is 2.06 bits per heavy atom. The summed E-state index contributed by atoms with van der Waals surface area (Å²) < 4.78 is 0. The summed E-state index contributed by atoms with van der Waals surface area (Å²) in [6.07, 6.45) is 2.24. The third-order valence-corrected chi connectivity index (χ3v) is 5.98. The molecule has 0 aromatic heterocycles. The van der Waals surface area contributed by atoms with Gasteiger partial charge < -0.3 is 43.4 Å². The average Bonchev–Trinajstić information content (AvgIpc) is 2.80. The molecule has 0 aliphatic heterocycles. The number of carboxylic acids is 2. The highest BCUT2D eigenvalue weighted by Crippen LogP contribution is 2.11. The van der Waals surface area contributed by atoms with Gasteiger partial charge in [-0.25, -0.2) is 4.79 Å². The fraction of sp³-hybridized carbons (Fsp3) is 0.714. The van der Waals surface area contributed by atoms with E-state index < -0.39 is 66.2 Å². The molecule has 0 aliphatic carbocycles. The summed E-state index contributed by atoms with van der Waals surface area (Å²) in [5, 5.41) is 25.8. The van der Waals surface area contributed by atoms with Gasteiger partial charge in [0.05, 0.1) is 12.5 Å². The van der Waals surface area contributed by atoms with Crippen molar-refractivity contribution in [3.8, 4) is 0 Å². The number of rotatable bonds is 18. The number of carboxylic acid groups (broad SMARTS) is 2. The second kappa shape index (κ2) is 17.4. The highest BCUT2D eigenvalue weighted by atomic mass is 32.2. The molecule has 5 atom stereocenters. The van der Waals surface area contributed by atoms with Gasteiger partial charge >= 0.3 is 11.9 Å². The molecule has 0 saturated carbocycles. The minimum atomic E-state index is -1.51. The molecule has 206 valence electrons. The van der Waals surface area contributed by atoms with Crippen molar-refractivity contribution in [1.29, 1.82) is 0 Å². The van der Waals surface area contributed by atoms with Gasteiger partial charge in [0, 0.05) is 6.54 Å². The monoisotopic (exact) mass is 533 g/mol. The van der Waals surface area contributed by atoms with Gasteiger partial charge in [0.15, 0.2) is 5.96 Å². The van der Waals surface area contributed by atoms with Crippen LogP contribution >= 0.6 is 11.8 Å². The van der Waals surface area contributed by atoms with Gasteiger partial charge in [-0.05, 0) is 37.2 Å². The van der Waals surface area contributed by atoms with Gasteiger partial charge in [0.1, 0.15) is 18.1 Å². The van der Waals surface area contributed by atoms with E-state index in [0.717, 1.165) is 0 Å². The predicted octanol–water partition coefficient (Wildman–Crippen LogP) is -1.82. The molecule has 0 aromatic rings. The fourth-order valence-corrected chi connectivity index (χ4v) is 3.49. The van der Waals surface area contributed by atoms with Crippen molar-refractivity contribution in [3.63, 3.8) is 0 Å². The molecule has 0 heterocycles. The van der Waals surface area contributed by atoms with Crippen molar-refractivity contribution in [3.05, 3.63) is 0 Å². The molecule has 0 radical (unpaired) electrons. The van der Waals surface area contributed by atoms with Crippen LogP contribution in [0.15, 0.2) is 4.99 Å². The zero-order valence-electron chi connectivity index (χ0n) is 20.9. The number of carbonyl (C=O) groups is 5. The zero-order valence-corrected chi connectivity index (χ0v) is 21.7. The number of nitrogens with two attached hydrogens (primary N) is 3. The van der Waals surface area contributed by atoms with Gasteiger partial charge in [0.2, 0.25) is 17.7 Å². The summed E-state index contributed by atoms with van der Waals surface area (Å²) in [6.45, 7) is 3.69. The molecule has 14 nitrogen and oxygen atoms in total. The standard InChI is InChI=1S/C21H39N7O7S/c1-4-11(2)16(19(33)26-13(20(34)35)7-9-36-3)28-18(32)14(10-15(29)30)27-17(31)12(22)6-5-8-25-21(23)24/h11-14,16H,4-10,22H2,1-3H3,(H,26,33)(H,27,31)(H,28,32)(H,29,30)(H,34,35)(H4,23,24,25). The molecule has 3 amide bonds. The number of guanidine groups is 1. The van der Waals surface area contributed by atoms with Crippen LogP contribution in [-0.4, -0.2) is 88.6 Å². The van der Waals surface area contributed by atoms with Crippen molar-refractivity contribution in [2.24, 2.45) is 28.1 Å². The van der Waals surface area contributed by atoms with E-state index in [0.29, 0.717) is 18.6 Å². The predicted molar refractivity (Wildman–Crippen MR) is 136 cm³/mol. The number of nitrogens with one attached hydrogen (secondary N) is 3. The molecule has 0 rings (SSSR count). The number of amides is 3. The van der Waals surface area contributed by atoms with Crippen molar-refractivity contribution < 1.29 is 34.2 Å². The van der Waals surface area contributed by atoms with E-state index in [1.165, 1.54) is 11.8 Å². The summed E-state index contributed by atoms with van der Waals surface area (Å²) in [5.41, 5.74) is 16.3. The van der Waals surface area contributed by atoms with E-state index in [2.05, 4.69) is 20.9 Å². The van der Waals surface area contributed by atoms with Gasteiger partial charge in [0.25, 0.3) is 0 Å². The first-order valence-electron chi connectivity index (χ1n) is 11.5. The lowest BCUT2D eigenvalue weighted by atomic mass is 9.97. The summed E-state index contributed by atoms with van der Waals surface area (Å²) in [6, 6.07) is -4.87. The molecule has 36 heavy (non-hydrogen) atoms. The van der Waals surface area contributed by atoms with Crippen LogP contribution in [0.4, 0.5) is 0 Å². The van der Waals surface area contributed by atoms with Crippen LogP contribution in [0, 0.1) is 5.92 Å². The normalized spacial score (nSPS) is 14.9. The summed E-state index contributed by atoms with van der Waals surface area (Å²) in [5.74, 6) is -4.98. The first-order chi connectivity index (χ1) is 16.8. The third-order valence-electron chi connectivity index (χ3n) is 5.33. The Labute approximate surface area is 214 Å². The molecule has 11 N–H and O–H groups in total. The molecule has 0 saturated heterocycles. The van der Waals surface area contributed by atoms with Crippen LogP contribution < -0.4 is 33.2 Å². The van der Waals surface area contributed by atoms with Crippen LogP contribution in [0.3, 0.4) is 0 Å². The highest BCUT2D eigenvalue weighted by Gasteiger charge is 2.33. The van der Waals surface area contributed by atoms with Gasteiger partial charge in [-0.15, -0.1) is 0 Å². The van der Waals surface area contributed by atoms with E-state index in [1.807, 2.05) is 0 Å². The maximum absolute atomic E-state index is 12.9. The number of aliphatic carboxylic acids is 2. The van der Waals surface area contributed by atoms with E-state index in [-0.39, 0.29) is 25.3 Å². The van der Waals surface area contributed by atoms with E-state index in [9.17, 15) is 34.2 Å². The second-order valence-corrected chi connectivity index (χ2v) is 9.25. The maximum Gasteiger partial charge on any atom is 0.326 e. The van der Waals surface area contributed by atoms with Gasteiger partial charge in [-0.2, -0.15) is 11.8 Å². The molecule has 0 aromatic carbocycles. The van der Waals surface area contributed by atoms with Crippen LogP contribution in [0.25, 0.3) is 0 Å². The Morgan fingerprint density at radius 2 is 1.56 bits per heavy atom. The minimum Gasteiger partial charge on any atom is -0.481 e. The fourth-order valence-electron chi connectivity index (χ4n) is 3.02. The number of thioether (sulfide) groups is 1. The Balaban J connectivity index is 5.43. The summed E-state index contributed by atoms with van der Waals surface area (Å²) in [7, 11) is 0. The number of hydrogen-bond donors (Lipinski definition) is 8. The number of hydrogen-bond acceptors (Lipinski definition) is 8. The zero-order chi connectivity index (χ0) is 27.8. The molecule has 5 unspecified atom stereocenters. The Hall–Kier alpha value is -3.07. The Kier molecular flexibility index (Phi) is 15.9. The lowest BCUT2D eigenvalue weighted by Crippen LogP contribution is -2.59. The molecule has 0 aliphatic rings. The third kappa shape index (κ3) is 13.1. The van der Waals surface area contributed by atoms with Crippen molar-refractivity contribution in [2.75, 3.05) is 18.6 Å². The van der Waals surface area contributed by atoms with Crippen LogP contribution in [0.2, 0.25) is 0 Å². The Bertz CT molecular complexity index is 793. The molecular formula is C21H39N7O7S. The Morgan fingerprint density at radius 1 is 0.944 bits per heavy atom. The molecule has 0 fully saturated rings. The van der Waals surface area contributed by atoms with Gasteiger partial charge in [-0.1, -0.05) is 20.3 Å². The van der Waals surface area contributed by atoms with E-state index in [4.69, 9.17) is 17.2 Å². The van der Waals surface area contributed by atoms with Crippen molar-refractivity contribution in [2.45, 2.75) is 70.1 Å². The minimum absolute atomic E-state index is 0.106. The number of nitrogens with zero attached hydrogens (tertiary/aromatic N) is 1. The van der Waals surface area contributed by atoms with E-state index in [1.54, 1.807) is 20.1 Å². The van der Waals surface area contributed by atoms with E-state index >= 15 is 0 Å². The van der Waals surface area contributed by atoms with Crippen LogP contribution in [0.5, 0.6) is 0 Å². The first kappa shape index (κ1) is 32.9. The quantitative estimate of drug-likeness (QED) is 0.0553. The molecular weight excluding hydrogens is 494 g/mol. The second-order valence-electron chi connectivity index (χ2n) is 8.27. The largest absolute Gasteiger partial charge is 0.481 e. The summed E-state index contributed by atoms with van der Waals surface area (Å²) >= 11 is 1.42. The topological polar surface area (TPSA) is 252 Å². The molecule has 15 heteroatoms. The molecule has 0 spiro atoms. The average molecular weight is 534 g/mol. The maximum atomic E-state index is 12.9. The van der Waals surface area contributed by atoms with Crippen molar-refractivity contribution >= 4 is 47.4 Å². The lowest BCUT2D eigenvalue weighted by molar-refractivity contribution is -0.143. The number of carbonyl (C=O) groups excluding carboxylic acids is 3. The summed E-state index contributed by atoms with van der Waals surface area (Å²) in [4.78, 5) is 64.9. The SMILES string of the molecule is CCC(C)C(NC(=O)C(CC(=O)O)NC(=O)C(N)CCCN=C(N)N)C(=O)NC(CCSC)C(=O)O. The number of aliphatic imine (C=N–C) groups is 1. The highest BCUT2D eigenvalue weighted by molar-refractivity contribution is 7.98. The molecule has 0 bridgehead atoms. The van der Waals surface area contributed by atoms with Gasteiger partial charge in [-0.3, -0.25) is 24.2 Å². The first-order valence-corrected chi connectivity index (χ1v) is 12.9. The van der Waals surface area contributed by atoms with Crippen molar-refractivity contribution in [1.82, 2.24) is 16.0 Å².